The number of nitrogens with zero attached hydrogens (tertiary/aromatic N) is 3. The van der Waals surface area contributed by atoms with Crippen LogP contribution in [0.4, 0.5) is 18.9 Å². The Bertz CT molecular complexity index is 1080. The van der Waals surface area contributed by atoms with Gasteiger partial charge in [-0.1, -0.05) is 13.0 Å². The molecule has 0 atom stereocenters. The fourth-order valence-corrected chi connectivity index (χ4v) is 3.93. The fourth-order valence-electron chi connectivity index (χ4n) is 3.93. The Morgan fingerprint density at radius 2 is 1.90 bits per heavy atom. The smallest absolute Gasteiger partial charge is 0.320 e. The predicted octanol–water partition coefficient (Wildman–Crippen LogP) is 5.76. The highest BCUT2D eigenvalue weighted by atomic mass is 19.4. The number of amides is 1. The van der Waals surface area contributed by atoms with Crippen molar-refractivity contribution in [3.63, 3.8) is 0 Å². The average Bonchev–Trinajstić information content (AvgIpc) is 3.11. The van der Waals surface area contributed by atoms with E-state index in [0.29, 0.717) is 11.7 Å². The fraction of sp³-hybridized carbons (Fsp3) is 0.409. The van der Waals surface area contributed by atoms with Crippen molar-refractivity contribution in [2.45, 2.75) is 51.7 Å². The van der Waals surface area contributed by atoms with E-state index in [-0.39, 0.29) is 5.69 Å². The number of rotatable bonds is 3. The standard InChI is InChI=1S/C22H23F3N4O/c1-13-6-8-16(9-7-13)29-12-15-11-18(14(2)10-19(15)28-29)27-21(30)17-4-3-5-20(26-17)22(23,24)25/h3-5,10-13,16H,6-9H2,1-2H3,(H,27,30). The van der Waals surface area contributed by atoms with E-state index in [0.717, 1.165) is 41.3 Å². The number of aryl methyl sites for hydroxylation is 1. The summed E-state index contributed by atoms with van der Waals surface area (Å²) in [4.78, 5) is 16.0. The third-order valence-corrected chi connectivity index (χ3v) is 5.75. The number of alkyl halides is 3. The number of pyridine rings is 1. The lowest BCUT2D eigenvalue weighted by Crippen LogP contribution is -2.17. The van der Waals surface area contributed by atoms with Crippen molar-refractivity contribution in [2.24, 2.45) is 5.92 Å². The molecule has 1 N–H and O–H groups in total. The maximum Gasteiger partial charge on any atom is 0.433 e. The number of halogens is 3. The van der Waals surface area contributed by atoms with Crippen molar-refractivity contribution in [1.29, 1.82) is 0 Å². The second kappa shape index (κ2) is 7.74. The van der Waals surface area contributed by atoms with E-state index in [1.54, 1.807) is 0 Å². The average molecular weight is 416 g/mol. The van der Waals surface area contributed by atoms with Gasteiger partial charge >= 0.3 is 6.18 Å². The molecule has 0 radical (unpaired) electrons. The summed E-state index contributed by atoms with van der Waals surface area (Å²) in [5.74, 6) is 0.0666. The van der Waals surface area contributed by atoms with Crippen molar-refractivity contribution in [3.05, 3.63) is 53.5 Å². The molecule has 0 saturated heterocycles. The van der Waals surface area contributed by atoms with Gasteiger partial charge in [-0.3, -0.25) is 9.48 Å². The molecule has 1 fully saturated rings. The molecule has 1 aliphatic rings. The van der Waals surface area contributed by atoms with Crippen LogP contribution in [0.3, 0.4) is 0 Å². The van der Waals surface area contributed by atoms with Gasteiger partial charge in [-0.15, -0.1) is 0 Å². The van der Waals surface area contributed by atoms with Gasteiger partial charge in [-0.2, -0.15) is 18.3 Å². The number of carbonyl (C=O) groups is 1. The van der Waals surface area contributed by atoms with Gasteiger partial charge in [-0.05, 0) is 68.4 Å². The molecule has 8 heteroatoms. The van der Waals surface area contributed by atoms with Gasteiger partial charge in [0.2, 0.25) is 0 Å². The van der Waals surface area contributed by atoms with Gasteiger partial charge in [-0.25, -0.2) is 4.98 Å². The number of nitrogens with one attached hydrogen (secondary N) is 1. The maximum absolute atomic E-state index is 12.9. The van der Waals surface area contributed by atoms with Crippen LogP contribution in [0.1, 0.15) is 60.4 Å². The van der Waals surface area contributed by atoms with E-state index in [4.69, 9.17) is 5.10 Å². The third-order valence-electron chi connectivity index (χ3n) is 5.75. The molecule has 4 rings (SSSR count). The predicted molar refractivity (Wildman–Crippen MR) is 108 cm³/mol. The highest BCUT2D eigenvalue weighted by Crippen LogP contribution is 2.33. The first kappa shape index (κ1) is 20.4. The van der Waals surface area contributed by atoms with Crippen molar-refractivity contribution < 1.29 is 18.0 Å². The second-order valence-electron chi connectivity index (χ2n) is 8.11. The van der Waals surface area contributed by atoms with Gasteiger partial charge in [0.25, 0.3) is 5.91 Å². The number of aromatic nitrogens is 3. The molecule has 0 spiro atoms. The molecular formula is C22H23F3N4O. The number of fused-ring (bicyclic) bond motifs is 1. The monoisotopic (exact) mass is 416 g/mol. The Kier molecular flexibility index (Phi) is 5.26. The number of carbonyl (C=O) groups excluding carboxylic acids is 1. The first-order valence-electron chi connectivity index (χ1n) is 10.1. The van der Waals surface area contributed by atoms with Crippen LogP contribution in [0.2, 0.25) is 0 Å². The van der Waals surface area contributed by atoms with Crippen LogP contribution in [0, 0.1) is 12.8 Å². The van der Waals surface area contributed by atoms with Crippen molar-refractivity contribution in [3.8, 4) is 0 Å². The molecule has 30 heavy (non-hydrogen) atoms. The molecule has 1 aromatic carbocycles. The Morgan fingerprint density at radius 3 is 2.60 bits per heavy atom. The summed E-state index contributed by atoms with van der Waals surface area (Å²) < 4.78 is 40.6. The van der Waals surface area contributed by atoms with Crippen molar-refractivity contribution in [1.82, 2.24) is 14.8 Å². The van der Waals surface area contributed by atoms with E-state index in [9.17, 15) is 18.0 Å². The zero-order chi connectivity index (χ0) is 21.5. The Morgan fingerprint density at radius 1 is 1.17 bits per heavy atom. The van der Waals surface area contributed by atoms with Gasteiger partial charge in [0.1, 0.15) is 11.4 Å². The van der Waals surface area contributed by atoms with Crippen LogP contribution in [-0.2, 0) is 6.18 Å². The van der Waals surface area contributed by atoms with Gasteiger partial charge in [0.15, 0.2) is 0 Å². The summed E-state index contributed by atoms with van der Waals surface area (Å²) in [6.07, 6.45) is 1.94. The molecule has 0 bridgehead atoms. The summed E-state index contributed by atoms with van der Waals surface area (Å²) >= 11 is 0. The van der Waals surface area contributed by atoms with Crippen LogP contribution in [0.5, 0.6) is 0 Å². The lowest BCUT2D eigenvalue weighted by Gasteiger charge is -2.26. The first-order chi connectivity index (χ1) is 14.2. The highest BCUT2D eigenvalue weighted by Gasteiger charge is 2.33. The second-order valence-corrected chi connectivity index (χ2v) is 8.11. The Balaban J connectivity index is 1.57. The summed E-state index contributed by atoms with van der Waals surface area (Å²) in [5, 5.41) is 8.27. The molecule has 2 aromatic heterocycles. The normalized spacial score (nSPS) is 19.8. The zero-order valence-electron chi connectivity index (χ0n) is 16.8. The van der Waals surface area contributed by atoms with Crippen LogP contribution >= 0.6 is 0 Å². The first-order valence-corrected chi connectivity index (χ1v) is 10.1. The largest absolute Gasteiger partial charge is 0.433 e. The zero-order valence-corrected chi connectivity index (χ0v) is 16.8. The lowest BCUT2D eigenvalue weighted by atomic mass is 9.87. The highest BCUT2D eigenvalue weighted by molar-refractivity contribution is 6.04. The minimum Gasteiger partial charge on any atom is -0.320 e. The molecule has 1 saturated carbocycles. The van der Waals surface area contributed by atoms with E-state index in [2.05, 4.69) is 17.2 Å². The molecule has 2 heterocycles. The molecule has 5 nitrogen and oxygen atoms in total. The number of hydrogen-bond donors (Lipinski definition) is 1. The summed E-state index contributed by atoms with van der Waals surface area (Å²) in [6, 6.07) is 7.35. The molecular weight excluding hydrogens is 393 g/mol. The third kappa shape index (κ3) is 4.17. The number of anilines is 1. The minimum absolute atomic E-state index is 0.281. The number of benzene rings is 1. The number of hydrogen-bond acceptors (Lipinski definition) is 3. The lowest BCUT2D eigenvalue weighted by molar-refractivity contribution is -0.141. The SMILES string of the molecule is Cc1cc2nn(C3CCC(C)CC3)cc2cc1NC(=O)c1cccc(C(F)(F)F)n1. The van der Waals surface area contributed by atoms with E-state index < -0.39 is 17.8 Å². The van der Waals surface area contributed by atoms with Crippen LogP contribution in [-0.4, -0.2) is 20.7 Å². The molecule has 0 aliphatic heterocycles. The topological polar surface area (TPSA) is 59.8 Å². The molecule has 158 valence electrons. The maximum atomic E-state index is 12.9. The molecule has 0 unspecified atom stereocenters. The summed E-state index contributed by atoms with van der Waals surface area (Å²) in [7, 11) is 0. The summed E-state index contributed by atoms with van der Waals surface area (Å²) in [5.41, 5.74) is 0.775. The minimum atomic E-state index is -4.60. The Hall–Kier alpha value is -2.90. The van der Waals surface area contributed by atoms with E-state index in [1.165, 1.54) is 25.0 Å². The van der Waals surface area contributed by atoms with Crippen LogP contribution < -0.4 is 5.32 Å². The van der Waals surface area contributed by atoms with Crippen molar-refractivity contribution >= 4 is 22.5 Å². The molecule has 1 amide bonds. The van der Waals surface area contributed by atoms with Crippen LogP contribution in [0.15, 0.2) is 36.5 Å². The Labute approximate surface area is 172 Å². The molecule has 1 aliphatic carbocycles. The van der Waals surface area contributed by atoms with Gasteiger partial charge in [0.05, 0.1) is 11.6 Å². The van der Waals surface area contributed by atoms with Gasteiger partial charge in [0, 0.05) is 17.3 Å². The quantitative estimate of drug-likeness (QED) is 0.590. The van der Waals surface area contributed by atoms with Crippen LogP contribution in [0.25, 0.3) is 10.9 Å². The van der Waals surface area contributed by atoms with E-state index in [1.807, 2.05) is 29.9 Å². The van der Waals surface area contributed by atoms with E-state index >= 15 is 0 Å². The molecule has 3 aromatic rings. The summed E-state index contributed by atoms with van der Waals surface area (Å²) in [6.45, 7) is 4.10. The van der Waals surface area contributed by atoms with Crippen molar-refractivity contribution in [2.75, 3.05) is 5.32 Å². The van der Waals surface area contributed by atoms with Gasteiger partial charge < -0.3 is 5.32 Å².